The quantitative estimate of drug-likeness (QED) is 0.207. The van der Waals surface area contributed by atoms with Gasteiger partial charge in [-0.05, 0) is 62.7 Å². The molecule has 1 saturated heterocycles. The molecule has 3 saturated carbocycles. The molecule has 5 rings (SSSR count). The number of nitrogens with one attached hydrogen (secondary N) is 4. The van der Waals surface area contributed by atoms with E-state index in [1.165, 1.54) is 23.5 Å². The second-order valence-electron chi connectivity index (χ2n) is 14.1. The topological polar surface area (TPSA) is 180 Å². The zero-order valence-electron chi connectivity index (χ0n) is 27.7. The molecule has 0 bridgehead atoms. The molecule has 13 nitrogen and oxygen atoms in total. The van der Waals surface area contributed by atoms with Gasteiger partial charge in [-0.1, -0.05) is 46.5 Å². The molecule has 4 fully saturated rings. The van der Waals surface area contributed by atoms with Crippen molar-refractivity contribution in [2.45, 2.75) is 122 Å². The SMILES string of the molecule is CCCC(NC(=O)[C@@H]1C(C2CC2)CN1C(=O)[C@@H](NC(=O)[C@@H](NC(=O)c1cnccn1)C1CCCCC1)C(C)C)C(=O)C(=O)NC1CC1. The number of aromatic nitrogens is 2. The lowest BCUT2D eigenvalue weighted by Gasteiger charge is -2.49. The molecule has 4 N–H and O–H groups in total. The van der Waals surface area contributed by atoms with Crippen LogP contribution in [0.5, 0.6) is 0 Å². The fraction of sp³-hybridized carbons (Fsp3) is 0.706. The van der Waals surface area contributed by atoms with E-state index in [-0.39, 0.29) is 35.4 Å². The number of carbonyl (C=O) groups excluding carboxylic acids is 6. The highest BCUT2D eigenvalue weighted by molar-refractivity contribution is 6.38. The van der Waals surface area contributed by atoms with Crippen LogP contribution in [0.2, 0.25) is 0 Å². The minimum Gasteiger partial charge on any atom is -0.347 e. The van der Waals surface area contributed by atoms with E-state index in [2.05, 4.69) is 31.2 Å². The van der Waals surface area contributed by atoms with Crippen LogP contribution in [0.4, 0.5) is 0 Å². The Morgan fingerprint density at radius 1 is 0.915 bits per heavy atom. The lowest BCUT2D eigenvalue weighted by Crippen LogP contribution is -2.70. The Hall–Kier alpha value is -3.90. The van der Waals surface area contributed by atoms with Gasteiger partial charge in [0.05, 0.1) is 12.2 Å². The van der Waals surface area contributed by atoms with E-state index < -0.39 is 53.6 Å². The molecule has 5 atom stereocenters. The number of ketones is 1. The van der Waals surface area contributed by atoms with Crippen LogP contribution in [-0.2, 0) is 24.0 Å². The van der Waals surface area contributed by atoms with Gasteiger partial charge in [0.25, 0.3) is 11.8 Å². The maximum atomic E-state index is 14.1. The van der Waals surface area contributed by atoms with E-state index in [0.29, 0.717) is 25.3 Å². The number of Topliss-reactive ketones (excluding diaryl/α,β-unsaturated/α-hetero) is 1. The third kappa shape index (κ3) is 8.53. The van der Waals surface area contributed by atoms with Crippen molar-refractivity contribution in [1.29, 1.82) is 0 Å². The van der Waals surface area contributed by atoms with Crippen LogP contribution in [0.15, 0.2) is 18.6 Å². The number of carbonyl (C=O) groups is 6. The zero-order chi connectivity index (χ0) is 33.7. The van der Waals surface area contributed by atoms with E-state index in [1.54, 1.807) is 0 Å². The van der Waals surface area contributed by atoms with E-state index in [0.717, 1.165) is 57.8 Å². The summed E-state index contributed by atoms with van der Waals surface area (Å²) < 4.78 is 0. The van der Waals surface area contributed by atoms with Gasteiger partial charge in [-0.2, -0.15) is 0 Å². The van der Waals surface area contributed by atoms with Crippen molar-refractivity contribution in [3.63, 3.8) is 0 Å². The highest BCUT2D eigenvalue weighted by Gasteiger charge is 2.54. The lowest BCUT2D eigenvalue weighted by molar-refractivity contribution is -0.158. The second kappa shape index (κ2) is 15.3. The maximum Gasteiger partial charge on any atom is 0.289 e. The molecule has 3 aliphatic carbocycles. The summed E-state index contributed by atoms with van der Waals surface area (Å²) in [5.41, 5.74) is 0.100. The molecule has 2 heterocycles. The predicted molar refractivity (Wildman–Crippen MR) is 171 cm³/mol. The number of likely N-dealkylation sites (tertiary alicyclic amines) is 1. The second-order valence-corrected chi connectivity index (χ2v) is 14.1. The third-order valence-electron chi connectivity index (χ3n) is 9.99. The first-order valence-electron chi connectivity index (χ1n) is 17.4. The monoisotopic (exact) mass is 651 g/mol. The maximum absolute atomic E-state index is 14.1. The number of hydrogen-bond acceptors (Lipinski definition) is 8. The van der Waals surface area contributed by atoms with Crippen LogP contribution < -0.4 is 21.3 Å². The zero-order valence-corrected chi connectivity index (χ0v) is 27.7. The van der Waals surface area contributed by atoms with Gasteiger partial charge in [0, 0.05) is 30.9 Å². The molecule has 256 valence electrons. The van der Waals surface area contributed by atoms with Crippen LogP contribution in [0, 0.1) is 23.7 Å². The molecule has 0 aromatic carbocycles. The summed E-state index contributed by atoms with van der Waals surface area (Å²) >= 11 is 0. The highest BCUT2D eigenvalue weighted by Crippen LogP contribution is 2.45. The van der Waals surface area contributed by atoms with E-state index in [9.17, 15) is 28.8 Å². The molecule has 4 aliphatic rings. The van der Waals surface area contributed by atoms with Crippen LogP contribution in [-0.4, -0.2) is 86.9 Å². The third-order valence-corrected chi connectivity index (χ3v) is 9.99. The summed E-state index contributed by atoms with van der Waals surface area (Å²) in [6.45, 7) is 5.92. The van der Waals surface area contributed by atoms with Gasteiger partial charge in [-0.15, -0.1) is 0 Å². The molecule has 1 aromatic heterocycles. The highest BCUT2D eigenvalue weighted by atomic mass is 16.2. The number of rotatable bonds is 15. The minimum atomic E-state index is -0.974. The first kappa shape index (κ1) is 34.4. The van der Waals surface area contributed by atoms with Gasteiger partial charge < -0.3 is 26.2 Å². The van der Waals surface area contributed by atoms with Gasteiger partial charge >= 0.3 is 0 Å². The van der Waals surface area contributed by atoms with Gasteiger partial charge in [-0.25, -0.2) is 4.98 Å². The van der Waals surface area contributed by atoms with Crippen LogP contribution in [0.1, 0.15) is 102 Å². The Balaban J connectivity index is 1.29. The van der Waals surface area contributed by atoms with Crippen molar-refractivity contribution in [3.8, 4) is 0 Å². The van der Waals surface area contributed by atoms with E-state index in [4.69, 9.17) is 0 Å². The van der Waals surface area contributed by atoms with Gasteiger partial charge in [0.1, 0.15) is 23.8 Å². The van der Waals surface area contributed by atoms with Crippen molar-refractivity contribution in [2.24, 2.45) is 23.7 Å². The first-order chi connectivity index (χ1) is 22.6. The van der Waals surface area contributed by atoms with Crippen molar-refractivity contribution >= 4 is 35.3 Å². The normalized spacial score (nSPS) is 23.1. The summed E-state index contributed by atoms with van der Waals surface area (Å²) in [5.74, 6) is -3.28. The van der Waals surface area contributed by atoms with Gasteiger partial charge in [0.2, 0.25) is 23.5 Å². The van der Waals surface area contributed by atoms with Crippen LogP contribution in [0.3, 0.4) is 0 Å². The Bertz CT molecular complexity index is 1330. The summed E-state index contributed by atoms with van der Waals surface area (Å²) in [4.78, 5) is 89.9. The Kier molecular flexibility index (Phi) is 11.2. The first-order valence-corrected chi connectivity index (χ1v) is 17.4. The fourth-order valence-corrected chi connectivity index (χ4v) is 6.92. The van der Waals surface area contributed by atoms with Gasteiger partial charge in [-0.3, -0.25) is 33.8 Å². The molecular weight excluding hydrogens is 602 g/mol. The summed E-state index contributed by atoms with van der Waals surface area (Å²) in [6, 6.07) is -3.55. The molecule has 0 spiro atoms. The number of nitrogens with zero attached hydrogens (tertiary/aromatic N) is 3. The summed E-state index contributed by atoms with van der Waals surface area (Å²) in [6.07, 6.45) is 13.2. The van der Waals surface area contributed by atoms with Gasteiger partial charge in [0.15, 0.2) is 0 Å². The average Bonchev–Trinajstić information content (AvgIpc) is 3.99. The Labute approximate surface area is 276 Å². The number of amides is 5. The van der Waals surface area contributed by atoms with Crippen LogP contribution >= 0.6 is 0 Å². The van der Waals surface area contributed by atoms with E-state index in [1.807, 2.05) is 20.8 Å². The molecular formula is C34H49N7O6. The molecule has 1 aliphatic heterocycles. The molecule has 13 heteroatoms. The number of hydrogen-bond donors (Lipinski definition) is 4. The van der Waals surface area contributed by atoms with Crippen molar-refractivity contribution in [3.05, 3.63) is 24.3 Å². The largest absolute Gasteiger partial charge is 0.347 e. The summed E-state index contributed by atoms with van der Waals surface area (Å²) in [7, 11) is 0. The fourth-order valence-electron chi connectivity index (χ4n) is 6.92. The molecule has 0 radical (unpaired) electrons. The van der Waals surface area contributed by atoms with E-state index >= 15 is 0 Å². The molecule has 47 heavy (non-hydrogen) atoms. The minimum absolute atomic E-state index is 0.0182. The lowest BCUT2D eigenvalue weighted by atomic mass is 9.81. The molecule has 1 aromatic rings. The standard InChI is InChI=1S/C34H49N7O6/c1-4-8-24(29(42)33(46)37-22-13-14-22)38-32(45)28-23(20-11-12-20)18-41(28)34(47)26(19(2)3)39-31(44)27(21-9-6-5-7-10-21)40-30(43)25-17-35-15-16-36-25/h15-17,19-24,26-28H,4-14,18H2,1-3H3,(H,37,46)(H,38,45)(H,39,44)(H,40,43)/t23?,24?,26-,27-,28-/m0/s1. The smallest absolute Gasteiger partial charge is 0.289 e. The predicted octanol–water partition coefficient (Wildman–Crippen LogP) is 1.67. The molecule has 2 unspecified atom stereocenters. The Morgan fingerprint density at radius 3 is 2.23 bits per heavy atom. The van der Waals surface area contributed by atoms with Crippen molar-refractivity contribution in [2.75, 3.05) is 6.54 Å². The Morgan fingerprint density at radius 2 is 1.64 bits per heavy atom. The van der Waals surface area contributed by atoms with Crippen molar-refractivity contribution in [1.82, 2.24) is 36.1 Å². The summed E-state index contributed by atoms with van der Waals surface area (Å²) in [5, 5.41) is 11.3. The molecule has 5 amide bonds. The average molecular weight is 652 g/mol. The van der Waals surface area contributed by atoms with Crippen molar-refractivity contribution < 1.29 is 28.8 Å². The van der Waals surface area contributed by atoms with Crippen LogP contribution in [0.25, 0.3) is 0 Å².